The lowest BCUT2D eigenvalue weighted by molar-refractivity contribution is -0.384. The zero-order valence-electron chi connectivity index (χ0n) is 12.2. The highest BCUT2D eigenvalue weighted by Crippen LogP contribution is 2.25. The molecule has 0 fully saturated rings. The molecule has 21 heavy (non-hydrogen) atoms. The summed E-state index contributed by atoms with van der Waals surface area (Å²) >= 11 is 0. The monoisotopic (exact) mass is 295 g/mol. The Balaban J connectivity index is 2.96. The summed E-state index contributed by atoms with van der Waals surface area (Å²) in [4.78, 5) is 35.2. The van der Waals surface area contributed by atoms with E-state index in [-0.39, 0.29) is 22.8 Å². The molecule has 0 saturated carbocycles. The van der Waals surface area contributed by atoms with Crippen LogP contribution in [-0.2, 0) is 9.53 Å². The Morgan fingerprint density at radius 3 is 2.48 bits per heavy atom. The summed E-state index contributed by atoms with van der Waals surface area (Å²) < 4.78 is 4.99. The van der Waals surface area contributed by atoms with Crippen LogP contribution < -0.4 is 5.32 Å². The van der Waals surface area contributed by atoms with Crippen LogP contribution in [0.25, 0.3) is 0 Å². The quantitative estimate of drug-likeness (QED) is 0.498. The standard InChI is InChI=1S/C13H17N3O5/c1-8(12(17)15(3)4)21-13(18)9-5-6-10(14-2)11(7-9)16(19)20/h5-8,14H,1-4H3/t8-/m1/s1. The van der Waals surface area contributed by atoms with Gasteiger partial charge in [0.2, 0.25) is 0 Å². The van der Waals surface area contributed by atoms with Crippen molar-refractivity contribution >= 4 is 23.3 Å². The molecule has 1 aromatic rings. The molecule has 114 valence electrons. The Morgan fingerprint density at radius 1 is 1.38 bits per heavy atom. The smallest absolute Gasteiger partial charge is 0.339 e. The Hall–Kier alpha value is -2.64. The molecule has 0 bridgehead atoms. The lowest BCUT2D eigenvalue weighted by Gasteiger charge is -2.17. The second-order valence-electron chi connectivity index (χ2n) is 4.52. The van der Waals surface area contributed by atoms with Crippen molar-refractivity contribution in [3.05, 3.63) is 33.9 Å². The number of carbonyl (C=O) groups is 2. The van der Waals surface area contributed by atoms with E-state index < -0.39 is 17.0 Å². The van der Waals surface area contributed by atoms with E-state index in [1.54, 1.807) is 14.1 Å². The summed E-state index contributed by atoms with van der Waals surface area (Å²) in [6, 6.07) is 3.92. The maximum absolute atomic E-state index is 11.9. The van der Waals surface area contributed by atoms with Crippen molar-refractivity contribution < 1.29 is 19.2 Å². The minimum atomic E-state index is -0.962. The van der Waals surface area contributed by atoms with E-state index in [2.05, 4.69) is 5.32 Å². The van der Waals surface area contributed by atoms with Crippen molar-refractivity contribution in [1.82, 2.24) is 4.90 Å². The lowest BCUT2D eigenvalue weighted by Crippen LogP contribution is -2.34. The molecule has 0 aromatic heterocycles. The van der Waals surface area contributed by atoms with E-state index in [1.165, 1.54) is 31.0 Å². The number of anilines is 1. The van der Waals surface area contributed by atoms with Gasteiger partial charge in [0.25, 0.3) is 11.6 Å². The van der Waals surface area contributed by atoms with Crippen LogP contribution in [0.5, 0.6) is 0 Å². The van der Waals surface area contributed by atoms with Gasteiger partial charge in [0.05, 0.1) is 10.5 Å². The third kappa shape index (κ3) is 3.91. The van der Waals surface area contributed by atoms with Crippen LogP contribution in [0.15, 0.2) is 18.2 Å². The van der Waals surface area contributed by atoms with Gasteiger partial charge < -0.3 is 15.0 Å². The van der Waals surface area contributed by atoms with Crippen LogP contribution >= 0.6 is 0 Å². The number of nitro groups is 1. The molecule has 0 saturated heterocycles. The van der Waals surface area contributed by atoms with Crippen molar-refractivity contribution in [2.24, 2.45) is 0 Å². The van der Waals surface area contributed by atoms with Gasteiger partial charge in [0.15, 0.2) is 6.10 Å². The van der Waals surface area contributed by atoms with Crippen LogP contribution in [0, 0.1) is 10.1 Å². The molecule has 1 aromatic carbocycles. The fourth-order valence-corrected chi connectivity index (χ4v) is 1.66. The Labute approximate surface area is 121 Å². The first-order valence-electron chi connectivity index (χ1n) is 6.16. The van der Waals surface area contributed by atoms with Gasteiger partial charge in [0, 0.05) is 27.2 Å². The third-order valence-corrected chi connectivity index (χ3v) is 2.77. The summed E-state index contributed by atoms with van der Waals surface area (Å²) in [7, 11) is 4.62. The van der Waals surface area contributed by atoms with Crippen LogP contribution in [-0.4, -0.2) is 48.9 Å². The van der Waals surface area contributed by atoms with Gasteiger partial charge in [-0.05, 0) is 19.1 Å². The van der Waals surface area contributed by atoms with Gasteiger partial charge in [-0.3, -0.25) is 14.9 Å². The Bertz CT molecular complexity index is 571. The van der Waals surface area contributed by atoms with E-state index in [1.807, 2.05) is 0 Å². The number of nitrogens with one attached hydrogen (secondary N) is 1. The number of rotatable bonds is 5. The number of ether oxygens (including phenoxy) is 1. The first-order valence-corrected chi connectivity index (χ1v) is 6.16. The second kappa shape index (κ2) is 6.69. The molecule has 0 aliphatic carbocycles. The van der Waals surface area contributed by atoms with Crippen LogP contribution in [0.4, 0.5) is 11.4 Å². The minimum Gasteiger partial charge on any atom is -0.449 e. The highest BCUT2D eigenvalue weighted by molar-refractivity contribution is 5.93. The summed E-state index contributed by atoms with van der Waals surface area (Å²) in [6.45, 7) is 1.44. The van der Waals surface area contributed by atoms with Crippen molar-refractivity contribution in [1.29, 1.82) is 0 Å². The van der Waals surface area contributed by atoms with Gasteiger partial charge >= 0.3 is 5.97 Å². The van der Waals surface area contributed by atoms with Crippen LogP contribution in [0.2, 0.25) is 0 Å². The number of amides is 1. The third-order valence-electron chi connectivity index (χ3n) is 2.77. The number of nitrogens with zero attached hydrogens (tertiary/aromatic N) is 2. The SMILES string of the molecule is CNc1ccc(C(=O)O[C@H](C)C(=O)N(C)C)cc1[N+](=O)[O-]. The second-order valence-corrected chi connectivity index (χ2v) is 4.52. The highest BCUT2D eigenvalue weighted by Gasteiger charge is 2.22. The molecule has 1 amide bonds. The molecule has 0 unspecified atom stereocenters. The summed E-state index contributed by atoms with van der Waals surface area (Å²) in [5.41, 5.74) is 0.0617. The van der Waals surface area contributed by atoms with Gasteiger partial charge in [-0.25, -0.2) is 4.79 Å². The number of likely N-dealkylation sites (N-methyl/N-ethyl adjacent to an activating group) is 1. The van der Waals surface area contributed by atoms with Gasteiger partial charge in [-0.15, -0.1) is 0 Å². The predicted octanol–water partition coefficient (Wildman–Crippen LogP) is 1.27. The van der Waals surface area contributed by atoms with Gasteiger partial charge in [-0.2, -0.15) is 0 Å². The van der Waals surface area contributed by atoms with Crippen LogP contribution in [0.3, 0.4) is 0 Å². The molecule has 1 atom stereocenters. The van der Waals surface area contributed by atoms with E-state index in [0.29, 0.717) is 0 Å². The van der Waals surface area contributed by atoms with E-state index in [4.69, 9.17) is 4.74 Å². The number of carbonyl (C=O) groups excluding carboxylic acids is 2. The molecule has 1 rings (SSSR count). The number of hydrogen-bond acceptors (Lipinski definition) is 6. The molecular weight excluding hydrogens is 278 g/mol. The minimum absolute atomic E-state index is 0.0131. The average molecular weight is 295 g/mol. The molecular formula is C13H17N3O5. The largest absolute Gasteiger partial charge is 0.449 e. The highest BCUT2D eigenvalue weighted by atomic mass is 16.6. The molecule has 8 heteroatoms. The zero-order valence-corrected chi connectivity index (χ0v) is 12.2. The molecule has 0 spiro atoms. The Kier molecular flexibility index (Phi) is 5.23. The maximum atomic E-state index is 11.9. The van der Waals surface area contributed by atoms with Gasteiger partial charge in [0.1, 0.15) is 5.69 Å². The number of nitro benzene ring substituents is 1. The normalized spacial score (nSPS) is 11.4. The average Bonchev–Trinajstić information content (AvgIpc) is 2.45. The molecule has 1 N–H and O–H groups in total. The van der Waals surface area contributed by atoms with Crippen molar-refractivity contribution in [3.8, 4) is 0 Å². The molecule has 0 heterocycles. The van der Waals surface area contributed by atoms with E-state index in [9.17, 15) is 19.7 Å². The number of esters is 1. The number of benzene rings is 1. The molecule has 0 radical (unpaired) electrons. The fourth-order valence-electron chi connectivity index (χ4n) is 1.66. The van der Waals surface area contributed by atoms with E-state index in [0.717, 1.165) is 6.07 Å². The van der Waals surface area contributed by atoms with Gasteiger partial charge in [-0.1, -0.05) is 0 Å². The van der Waals surface area contributed by atoms with Crippen molar-refractivity contribution in [2.45, 2.75) is 13.0 Å². The fraction of sp³-hybridized carbons (Fsp3) is 0.385. The number of hydrogen-bond donors (Lipinski definition) is 1. The summed E-state index contributed by atoms with van der Waals surface area (Å²) in [6.07, 6.45) is -0.962. The molecule has 8 nitrogen and oxygen atoms in total. The first-order chi connectivity index (χ1) is 9.77. The molecule has 0 aliphatic rings. The van der Waals surface area contributed by atoms with Crippen LogP contribution in [0.1, 0.15) is 17.3 Å². The predicted molar refractivity (Wildman–Crippen MR) is 76.2 cm³/mol. The van der Waals surface area contributed by atoms with Crippen molar-refractivity contribution in [3.63, 3.8) is 0 Å². The Morgan fingerprint density at radius 2 is 2.00 bits per heavy atom. The summed E-state index contributed by atoms with van der Waals surface area (Å²) in [5.74, 6) is -1.16. The first kappa shape index (κ1) is 16.4. The molecule has 0 aliphatic heterocycles. The van der Waals surface area contributed by atoms with E-state index >= 15 is 0 Å². The maximum Gasteiger partial charge on any atom is 0.339 e. The lowest BCUT2D eigenvalue weighted by atomic mass is 10.1. The summed E-state index contributed by atoms with van der Waals surface area (Å²) in [5, 5.41) is 13.6. The topological polar surface area (TPSA) is 102 Å². The van der Waals surface area contributed by atoms with Crippen molar-refractivity contribution in [2.75, 3.05) is 26.5 Å². The zero-order chi connectivity index (χ0) is 16.2.